The number of thiazole rings is 1. The number of carbonyl (C=O) groups is 1. The third-order valence-corrected chi connectivity index (χ3v) is 5.56. The first kappa shape index (κ1) is 16.3. The summed E-state index contributed by atoms with van der Waals surface area (Å²) >= 11 is 6.36. The van der Waals surface area contributed by atoms with Crippen LogP contribution in [-0.4, -0.2) is 29.8 Å². The SMILES string of the molecule is CCCCS(=O)(=O)Cc1csc(=S)n1CCC(=O)O. The highest BCUT2D eigenvalue weighted by molar-refractivity contribution is 7.90. The summed E-state index contributed by atoms with van der Waals surface area (Å²) < 4.78 is 25.9. The molecular formula is C11H17NO4S3. The lowest BCUT2D eigenvalue weighted by molar-refractivity contribution is -0.137. The molecule has 19 heavy (non-hydrogen) atoms. The van der Waals surface area contributed by atoms with Crippen molar-refractivity contribution in [3.05, 3.63) is 15.0 Å². The zero-order valence-corrected chi connectivity index (χ0v) is 13.1. The summed E-state index contributed by atoms with van der Waals surface area (Å²) in [5.41, 5.74) is 0.590. The zero-order chi connectivity index (χ0) is 14.5. The molecule has 0 aliphatic rings. The molecule has 0 bridgehead atoms. The van der Waals surface area contributed by atoms with Crippen LogP contribution in [0.3, 0.4) is 0 Å². The number of hydrogen-bond donors (Lipinski definition) is 1. The maximum absolute atomic E-state index is 11.9. The number of sulfone groups is 1. The highest BCUT2D eigenvalue weighted by atomic mass is 32.2. The van der Waals surface area contributed by atoms with E-state index in [0.717, 1.165) is 6.42 Å². The molecule has 0 aliphatic heterocycles. The Morgan fingerprint density at radius 1 is 1.53 bits per heavy atom. The Balaban J connectivity index is 2.84. The maximum Gasteiger partial charge on any atom is 0.305 e. The van der Waals surface area contributed by atoms with E-state index in [1.54, 1.807) is 9.95 Å². The minimum atomic E-state index is -3.15. The molecule has 0 aromatic carbocycles. The predicted molar refractivity (Wildman–Crippen MR) is 77.8 cm³/mol. The van der Waals surface area contributed by atoms with E-state index in [1.165, 1.54) is 11.3 Å². The van der Waals surface area contributed by atoms with Crippen LogP contribution in [-0.2, 0) is 26.9 Å². The lowest BCUT2D eigenvalue weighted by Gasteiger charge is -2.08. The topological polar surface area (TPSA) is 76.4 Å². The molecule has 0 radical (unpaired) electrons. The van der Waals surface area contributed by atoms with E-state index in [2.05, 4.69) is 0 Å². The second kappa shape index (κ2) is 7.16. The molecule has 5 nitrogen and oxygen atoms in total. The first-order chi connectivity index (χ1) is 8.85. The van der Waals surface area contributed by atoms with Gasteiger partial charge in [0.2, 0.25) is 0 Å². The minimum absolute atomic E-state index is 0.0625. The number of carboxylic acids is 1. The Morgan fingerprint density at radius 2 is 2.21 bits per heavy atom. The summed E-state index contributed by atoms with van der Waals surface area (Å²) in [6.07, 6.45) is 1.41. The lowest BCUT2D eigenvalue weighted by Crippen LogP contribution is -2.14. The van der Waals surface area contributed by atoms with Gasteiger partial charge in [-0.3, -0.25) is 4.79 Å². The molecule has 108 valence electrons. The number of unbranched alkanes of at least 4 members (excludes halogenated alkanes) is 1. The molecule has 1 rings (SSSR count). The molecule has 0 fully saturated rings. The monoisotopic (exact) mass is 323 g/mol. The molecule has 1 heterocycles. The average molecular weight is 323 g/mol. The fourth-order valence-electron chi connectivity index (χ4n) is 1.58. The van der Waals surface area contributed by atoms with Crippen molar-refractivity contribution in [3.63, 3.8) is 0 Å². The fraction of sp³-hybridized carbons (Fsp3) is 0.636. The number of hydrogen-bond acceptors (Lipinski definition) is 5. The van der Waals surface area contributed by atoms with Crippen molar-refractivity contribution in [2.24, 2.45) is 0 Å². The van der Waals surface area contributed by atoms with Crippen LogP contribution in [0, 0.1) is 3.95 Å². The Bertz CT molecular complexity index is 585. The van der Waals surface area contributed by atoms with Crippen LogP contribution < -0.4 is 0 Å². The van der Waals surface area contributed by atoms with Gasteiger partial charge in [0.25, 0.3) is 0 Å². The Labute approximate surface area is 121 Å². The fourth-order valence-corrected chi connectivity index (χ4v) is 4.38. The van der Waals surface area contributed by atoms with Crippen molar-refractivity contribution >= 4 is 39.4 Å². The number of aromatic nitrogens is 1. The number of carboxylic acid groups (broad SMARTS) is 1. The van der Waals surface area contributed by atoms with Crippen LogP contribution in [0.15, 0.2) is 5.38 Å². The molecule has 0 saturated heterocycles. The van der Waals surface area contributed by atoms with E-state index in [1.807, 2.05) is 6.92 Å². The molecule has 0 unspecified atom stereocenters. The number of aliphatic carboxylic acids is 1. The van der Waals surface area contributed by atoms with Gasteiger partial charge in [0.1, 0.15) is 0 Å². The third-order valence-electron chi connectivity index (χ3n) is 2.59. The van der Waals surface area contributed by atoms with Crippen molar-refractivity contribution in [2.45, 2.75) is 38.5 Å². The van der Waals surface area contributed by atoms with Gasteiger partial charge in [0.15, 0.2) is 13.8 Å². The molecule has 1 aromatic rings. The maximum atomic E-state index is 11.9. The van der Waals surface area contributed by atoms with Crippen LogP contribution >= 0.6 is 23.6 Å². The first-order valence-corrected chi connectivity index (χ1v) is 9.06. The molecule has 8 heteroatoms. The van der Waals surface area contributed by atoms with Crippen LogP contribution in [0.1, 0.15) is 31.9 Å². The van der Waals surface area contributed by atoms with E-state index in [-0.39, 0.29) is 24.5 Å². The average Bonchev–Trinajstić information content (AvgIpc) is 2.64. The van der Waals surface area contributed by atoms with Gasteiger partial charge in [0.05, 0.1) is 17.9 Å². The van der Waals surface area contributed by atoms with Crippen molar-refractivity contribution < 1.29 is 18.3 Å². The van der Waals surface area contributed by atoms with Crippen LogP contribution in [0.2, 0.25) is 0 Å². The Morgan fingerprint density at radius 3 is 2.79 bits per heavy atom. The van der Waals surface area contributed by atoms with Crippen LogP contribution in [0.5, 0.6) is 0 Å². The molecule has 1 N–H and O–H groups in total. The molecule has 0 aliphatic carbocycles. The van der Waals surface area contributed by atoms with Gasteiger partial charge in [-0.15, -0.1) is 11.3 Å². The van der Waals surface area contributed by atoms with E-state index in [0.29, 0.717) is 16.1 Å². The van der Waals surface area contributed by atoms with Gasteiger partial charge in [-0.25, -0.2) is 8.42 Å². The van der Waals surface area contributed by atoms with Gasteiger partial charge in [0, 0.05) is 17.6 Å². The predicted octanol–water partition coefficient (Wildman–Crippen LogP) is 2.47. The van der Waals surface area contributed by atoms with Gasteiger partial charge >= 0.3 is 5.97 Å². The number of nitrogens with zero attached hydrogens (tertiary/aromatic N) is 1. The molecule has 0 saturated carbocycles. The first-order valence-electron chi connectivity index (χ1n) is 5.95. The molecule has 0 spiro atoms. The zero-order valence-electron chi connectivity index (χ0n) is 10.7. The summed E-state index contributed by atoms with van der Waals surface area (Å²) in [5.74, 6) is -0.835. The summed E-state index contributed by atoms with van der Waals surface area (Å²) in [5, 5.41) is 10.4. The van der Waals surface area contributed by atoms with Gasteiger partial charge in [-0.05, 0) is 18.6 Å². The molecular weight excluding hydrogens is 306 g/mol. The van der Waals surface area contributed by atoms with E-state index in [9.17, 15) is 13.2 Å². The Kier molecular flexibility index (Phi) is 6.15. The van der Waals surface area contributed by atoms with Gasteiger partial charge < -0.3 is 9.67 Å². The van der Waals surface area contributed by atoms with Crippen LogP contribution in [0.25, 0.3) is 0 Å². The minimum Gasteiger partial charge on any atom is -0.481 e. The van der Waals surface area contributed by atoms with Gasteiger partial charge in [-0.2, -0.15) is 0 Å². The highest BCUT2D eigenvalue weighted by Gasteiger charge is 2.15. The lowest BCUT2D eigenvalue weighted by atomic mass is 10.4. The largest absolute Gasteiger partial charge is 0.481 e. The van der Waals surface area contributed by atoms with Gasteiger partial charge in [-0.1, -0.05) is 13.3 Å². The van der Waals surface area contributed by atoms with Crippen molar-refractivity contribution in [1.82, 2.24) is 4.57 Å². The molecule has 0 atom stereocenters. The van der Waals surface area contributed by atoms with E-state index < -0.39 is 15.8 Å². The highest BCUT2D eigenvalue weighted by Crippen LogP contribution is 2.16. The summed E-state index contributed by atoms with van der Waals surface area (Å²) in [4.78, 5) is 10.6. The van der Waals surface area contributed by atoms with E-state index >= 15 is 0 Å². The van der Waals surface area contributed by atoms with Crippen molar-refractivity contribution in [1.29, 1.82) is 0 Å². The third kappa shape index (κ3) is 5.42. The summed E-state index contributed by atoms with van der Waals surface area (Å²) in [7, 11) is -3.15. The number of rotatable bonds is 8. The second-order valence-corrected chi connectivity index (χ2v) is 7.92. The second-order valence-electron chi connectivity index (χ2n) is 4.23. The van der Waals surface area contributed by atoms with Crippen molar-refractivity contribution in [2.75, 3.05) is 5.75 Å². The van der Waals surface area contributed by atoms with Crippen LogP contribution in [0.4, 0.5) is 0 Å². The normalized spacial score (nSPS) is 11.6. The molecule has 0 amide bonds. The summed E-state index contributed by atoms with van der Waals surface area (Å²) in [6, 6.07) is 0. The quantitative estimate of drug-likeness (QED) is 0.744. The van der Waals surface area contributed by atoms with E-state index in [4.69, 9.17) is 17.3 Å². The summed E-state index contributed by atoms with van der Waals surface area (Å²) in [6.45, 7) is 2.16. The standard InChI is InChI=1S/C11H17NO4S3/c1-2-3-6-19(15,16)8-9-7-18-11(17)12(9)5-4-10(13)14/h7H,2-6,8H2,1H3,(H,13,14). The Hall–Kier alpha value is -0.730. The van der Waals surface area contributed by atoms with Crippen molar-refractivity contribution in [3.8, 4) is 0 Å². The molecule has 1 aromatic heterocycles. The smallest absolute Gasteiger partial charge is 0.305 e.